The number of anilines is 1. The number of pyridine rings is 1. The minimum atomic E-state index is -0.580. The summed E-state index contributed by atoms with van der Waals surface area (Å²) in [6, 6.07) is 5.13. The van der Waals surface area contributed by atoms with Crippen LogP contribution in [0.2, 0.25) is 0 Å². The molecule has 0 aliphatic rings. The fourth-order valence-electron chi connectivity index (χ4n) is 2.17. The van der Waals surface area contributed by atoms with Gasteiger partial charge in [0, 0.05) is 25.0 Å². The summed E-state index contributed by atoms with van der Waals surface area (Å²) in [4.78, 5) is 23.8. The molecule has 0 aliphatic heterocycles. The molecule has 0 fully saturated rings. The van der Waals surface area contributed by atoms with Gasteiger partial charge in [-0.2, -0.15) is 0 Å². The number of aryl methyl sites for hydroxylation is 1. The highest BCUT2D eigenvalue weighted by molar-refractivity contribution is 5.90. The van der Waals surface area contributed by atoms with E-state index in [1.807, 2.05) is 19.9 Å². The second-order valence-electron chi connectivity index (χ2n) is 5.49. The summed E-state index contributed by atoms with van der Waals surface area (Å²) in [6.07, 6.45) is 1.87. The summed E-state index contributed by atoms with van der Waals surface area (Å²) in [5.41, 5.74) is 7.57. The maximum atomic E-state index is 12.5. The Hall–Kier alpha value is -2.76. The second-order valence-corrected chi connectivity index (χ2v) is 5.49. The van der Waals surface area contributed by atoms with Gasteiger partial charge in [0.2, 0.25) is 5.75 Å². The Labute approximate surface area is 134 Å². The number of fused-ring (bicyclic) bond motifs is 1. The molecule has 122 valence electrons. The highest BCUT2D eigenvalue weighted by atomic mass is 16.6. The summed E-state index contributed by atoms with van der Waals surface area (Å²) < 4.78 is 12.2. The first kappa shape index (κ1) is 16.6. The molecule has 2 rings (SSSR count). The molecule has 1 aromatic carbocycles. The molecule has 2 aromatic rings. The Kier molecular flexibility index (Phi) is 4.74. The zero-order valence-corrected chi connectivity index (χ0v) is 13.7. The Bertz CT molecular complexity index is 846. The highest BCUT2D eigenvalue weighted by Gasteiger charge is 2.19. The van der Waals surface area contributed by atoms with E-state index in [0.717, 1.165) is 5.57 Å². The zero-order valence-electron chi connectivity index (χ0n) is 13.7. The number of hydrogen-bond acceptors (Lipinski definition) is 5. The molecule has 1 aromatic heterocycles. The van der Waals surface area contributed by atoms with Gasteiger partial charge in [0.15, 0.2) is 5.75 Å². The van der Waals surface area contributed by atoms with E-state index in [9.17, 15) is 9.59 Å². The van der Waals surface area contributed by atoms with Crippen molar-refractivity contribution < 1.29 is 14.3 Å². The van der Waals surface area contributed by atoms with Gasteiger partial charge in [-0.3, -0.25) is 9.59 Å². The van der Waals surface area contributed by atoms with Gasteiger partial charge in [-0.05, 0) is 38.1 Å². The first-order valence-electron chi connectivity index (χ1n) is 7.18. The molecule has 0 atom stereocenters. The molecule has 1 heterocycles. The summed E-state index contributed by atoms with van der Waals surface area (Å²) in [6.45, 7) is 5.40. The third-order valence-corrected chi connectivity index (χ3v) is 3.30. The van der Waals surface area contributed by atoms with Crippen molar-refractivity contribution in [3.8, 4) is 11.5 Å². The molecular formula is C17H20N2O4. The fraction of sp³-hybridized carbons (Fsp3) is 0.294. The van der Waals surface area contributed by atoms with Crippen molar-refractivity contribution in [2.24, 2.45) is 7.05 Å². The van der Waals surface area contributed by atoms with Crippen molar-refractivity contribution in [1.82, 2.24) is 4.57 Å². The van der Waals surface area contributed by atoms with E-state index in [4.69, 9.17) is 15.2 Å². The maximum absolute atomic E-state index is 12.5. The van der Waals surface area contributed by atoms with E-state index < -0.39 is 11.5 Å². The van der Waals surface area contributed by atoms with Crippen LogP contribution in [0.5, 0.6) is 11.5 Å². The van der Waals surface area contributed by atoms with Crippen molar-refractivity contribution in [2.45, 2.75) is 20.8 Å². The van der Waals surface area contributed by atoms with E-state index in [0.29, 0.717) is 16.6 Å². The number of allylic oxidation sites excluding steroid dienone is 1. The first-order valence-corrected chi connectivity index (χ1v) is 7.18. The number of esters is 1. The van der Waals surface area contributed by atoms with Gasteiger partial charge in [-0.15, -0.1) is 0 Å². The van der Waals surface area contributed by atoms with Crippen LogP contribution >= 0.6 is 0 Å². The lowest BCUT2D eigenvalue weighted by Crippen LogP contribution is -2.22. The molecule has 2 N–H and O–H groups in total. The first-order chi connectivity index (χ1) is 10.8. The number of nitrogens with two attached hydrogens (primary N) is 1. The molecule has 6 heteroatoms. The van der Waals surface area contributed by atoms with Gasteiger partial charge < -0.3 is 19.8 Å². The molecule has 0 amide bonds. The number of hydrogen-bond donors (Lipinski definition) is 1. The number of ether oxygens (including phenoxy) is 2. The lowest BCUT2D eigenvalue weighted by Gasteiger charge is -2.15. The van der Waals surface area contributed by atoms with Gasteiger partial charge in [-0.1, -0.05) is 5.57 Å². The Morgan fingerprint density at radius 3 is 2.57 bits per heavy atom. The second kappa shape index (κ2) is 6.56. The number of carbonyl (C=O) groups is 1. The molecule has 0 unspecified atom stereocenters. The largest absolute Gasteiger partial charge is 0.485 e. The monoisotopic (exact) mass is 316 g/mol. The number of nitrogens with zero attached hydrogens (tertiary/aromatic N) is 1. The lowest BCUT2D eigenvalue weighted by atomic mass is 10.1. The van der Waals surface area contributed by atoms with Gasteiger partial charge in [-0.25, -0.2) is 0 Å². The molecule has 0 radical (unpaired) electrons. The van der Waals surface area contributed by atoms with Crippen molar-refractivity contribution in [1.29, 1.82) is 0 Å². The smallest absolute Gasteiger partial charge is 0.308 e. The molecule has 0 spiro atoms. The number of nitrogen functional groups attached to an aromatic ring is 1. The van der Waals surface area contributed by atoms with E-state index in [2.05, 4.69) is 0 Å². The number of aromatic nitrogens is 1. The van der Waals surface area contributed by atoms with Crippen LogP contribution in [-0.2, 0) is 11.8 Å². The molecule has 0 bridgehead atoms. The molecule has 0 saturated heterocycles. The van der Waals surface area contributed by atoms with Gasteiger partial charge in [0.25, 0.3) is 5.56 Å². The van der Waals surface area contributed by atoms with Crippen LogP contribution in [0, 0.1) is 0 Å². The average Bonchev–Trinajstić information content (AvgIpc) is 2.47. The topological polar surface area (TPSA) is 83.5 Å². The standard InChI is InChI=1S/C17H20N2O4/c1-10(2)7-8-22-15-13-6-5-12(18)9-14(13)19(4)17(21)16(15)23-11(3)20/h5-7,9H,8,18H2,1-4H3. The minimum absolute atomic E-state index is 0.112. The fourth-order valence-corrected chi connectivity index (χ4v) is 2.17. The van der Waals surface area contributed by atoms with Crippen LogP contribution in [0.25, 0.3) is 10.9 Å². The summed E-state index contributed by atoms with van der Waals surface area (Å²) in [7, 11) is 1.59. The van der Waals surface area contributed by atoms with Crippen LogP contribution in [0.1, 0.15) is 20.8 Å². The predicted molar refractivity (Wildman–Crippen MR) is 89.8 cm³/mol. The summed E-state index contributed by atoms with van der Waals surface area (Å²) in [5, 5.41) is 0.653. The third kappa shape index (κ3) is 3.53. The van der Waals surface area contributed by atoms with Gasteiger partial charge >= 0.3 is 5.97 Å². The number of benzene rings is 1. The number of carbonyl (C=O) groups excluding carboxylic acids is 1. The summed E-state index contributed by atoms with van der Waals surface area (Å²) in [5.74, 6) is -0.445. The molecular weight excluding hydrogens is 296 g/mol. The molecule has 0 saturated carbocycles. The molecule has 0 aliphatic carbocycles. The zero-order chi connectivity index (χ0) is 17.1. The number of rotatable bonds is 4. The van der Waals surface area contributed by atoms with Crippen molar-refractivity contribution >= 4 is 22.6 Å². The Morgan fingerprint density at radius 1 is 1.26 bits per heavy atom. The van der Waals surface area contributed by atoms with Crippen LogP contribution in [0.15, 0.2) is 34.6 Å². The minimum Gasteiger partial charge on any atom is -0.485 e. The van der Waals surface area contributed by atoms with Crippen LogP contribution in [0.3, 0.4) is 0 Å². The van der Waals surface area contributed by atoms with Gasteiger partial charge in [0.1, 0.15) is 6.61 Å². The molecule has 6 nitrogen and oxygen atoms in total. The predicted octanol–water partition coefficient (Wildman–Crippen LogP) is 2.39. The van der Waals surface area contributed by atoms with Crippen molar-refractivity contribution in [3.05, 3.63) is 40.2 Å². The third-order valence-electron chi connectivity index (χ3n) is 3.30. The Balaban J connectivity index is 2.71. The van der Waals surface area contributed by atoms with Crippen LogP contribution in [-0.4, -0.2) is 17.1 Å². The van der Waals surface area contributed by atoms with E-state index in [1.165, 1.54) is 11.5 Å². The molecule has 23 heavy (non-hydrogen) atoms. The van der Waals surface area contributed by atoms with E-state index in [-0.39, 0.29) is 18.1 Å². The highest BCUT2D eigenvalue weighted by Crippen LogP contribution is 2.33. The average molecular weight is 316 g/mol. The van der Waals surface area contributed by atoms with Crippen LogP contribution in [0.4, 0.5) is 5.69 Å². The van der Waals surface area contributed by atoms with Crippen LogP contribution < -0.4 is 20.8 Å². The quantitative estimate of drug-likeness (QED) is 0.532. The van der Waals surface area contributed by atoms with Crippen molar-refractivity contribution in [3.63, 3.8) is 0 Å². The Morgan fingerprint density at radius 2 is 1.96 bits per heavy atom. The van der Waals surface area contributed by atoms with Crippen molar-refractivity contribution in [2.75, 3.05) is 12.3 Å². The van der Waals surface area contributed by atoms with Gasteiger partial charge in [0.05, 0.1) is 5.52 Å². The van der Waals surface area contributed by atoms with E-state index in [1.54, 1.807) is 25.2 Å². The lowest BCUT2D eigenvalue weighted by molar-refractivity contribution is -0.132. The summed E-state index contributed by atoms with van der Waals surface area (Å²) >= 11 is 0. The maximum Gasteiger partial charge on any atom is 0.308 e. The normalized spacial score (nSPS) is 10.4. The van der Waals surface area contributed by atoms with E-state index >= 15 is 0 Å². The SMILES string of the molecule is CC(=O)Oc1c(OCC=C(C)C)c2ccc(N)cc2n(C)c1=O.